The van der Waals surface area contributed by atoms with Gasteiger partial charge in [0.05, 0.1) is 5.56 Å². The van der Waals surface area contributed by atoms with Crippen molar-refractivity contribution in [3.63, 3.8) is 0 Å². The Balaban J connectivity index is 3.09. The number of pyridine rings is 1. The second kappa shape index (κ2) is 4.94. The molecule has 2 rings (SSSR count). The number of aromatic amines is 1. The van der Waals surface area contributed by atoms with Gasteiger partial charge in [0, 0.05) is 5.56 Å². The molecular formula is C13H6F2N4O2. The van der Waals surface area contributed by atoms with Crippen LogP contribution in [0.2, 0.25) is 0 Å². The number of nitrogens with zero attached hydrogens (tertiary/aromatic N) is 2. The molecule has 0 aliphatic carbocycles. The molecule has 1 aromatic carbocycles. The average Bonchev–Trinajstić information content (AvgIpc) is 2.43. The standard InChI is InChI=1S/C13H6F2N4O2/c14-7-1-2-8(20)10(11(7)15)9-5(3-16)12(18)19-13(21)6(9)4-17/h1-2,20H,(H3,18,19,21). The molecule has 4 N–H and O–H groups in total. The number of aromatic nitrogens is 1. The van der Waals surface area contributed by atoms with Gasteiger partial charge in [0.15, 0.2) is 11.6 Å². The minimum atomic E-state index is -1.49. The Hall–Kier alpha value is -3.39. The van der Waals surface area contributed by atoms with Crippen LogP contribution in [-0.4, -0.2) is 10.1 Å². The Labute approximate surface area is 116 Å². The van der Waals surface area contributed by atoms with E-state index in [2.05, 4.69) is 4.98 Å². The third-order valence-electron chi connectivity index (χ3n) is 2.79. The molecule has 21 heavy (non-hydrogen) atoms. The van der Waals surface area contributed by atoms with Gasteiger partial charge in [-0.15, -0.1) is 0 Å². The molecule has 0 saturated carbocycles. The van der Waals surface area contributed by atoms with Gasteiger partial charge in [-0.2, -0.15) is 10.5 Å². The Bertz CT molecular complexity index is 891. The summed E-state index contributed by atoms with van der Waals surface area (Å²) in [6.45, 7) is 0. The first kappa shape index (κ1) is 14.0. The van der Waals surface area contributed by atoms with Gasteiger partial charge in [0.1, 0.15) is 34.8 Å². The third-order valence-corrected chi connectivity index (χ3v) is 2.79. The summed E-state index contributed by atoms with van der Waals surface area (Å²) in [6.07, 6.45) is 0. The maximum atomic E-state index is 13.9. The number of rotatable bonds is 1. The number of nitrogens with two attached hydrogens (primary N) is 1. The van der Waals surface area contributed by atoms with Gasteiger partial charge >= 0.3 is 0 Å². The largest absolute Gasteiger partial charge is 0.507 e. The number of nitrogen functional groups attached to an aromatic ring is 1. The highest BCUT2D eigenvalue weighted by Crippen LogP contribution is 2.37. The van der Waals surface area contributed by atoms with E-state index in [1.807, 2.05) is 0 Å². The van der Waals surface area contributed by atoms with Gasteiger partial charge in [-0.25, -0.2) is 8.78 Å². The molecule has 2 aromatic rings. The number of benzene rings is 1. The summed E-state index contributed by atoms with van der Waals surface area (Å²) in [7, 11) is 0. The zero-order valence-corrected chi connectivity index (χ0v) is 10.2. The van der Waals surface area contributed by atoms with E-state index in [4.69, 9.17) is 16.3 Å². The van der Waals surface area contributed by atoms with E-state index in [9.17, 15) is 18.7 Å². The number of nitrogens with one attached hydrogen (secondary N) is 1. The maximum absolute atomic E-state index is 13.9. The van der Waals surface area contributed by atoms with E-state index < -0.39 is 51.0 Å². The zero-order chi connectivity index (χ0) is 15.7. The van der Waals surface area contributed by atoms with Crippen LogP contribution in [0.3, 0.4) is 0 Å². The van der Waals surface area contributed by atoms with Gasteiger partial charge in [-0.05, 0) is 12.1 Å². The molecule has 1 aromatic heterocycles. The number of aromatic hydroxyl groups is 1. The Morgan fingerprint density at radius 3 is 2.33 bits per heavy atom. The lowest BCUT2D eigenvalue weighted by Gasteiger charge is -2.11. The smallest absolute Gasteiger partial charge is 0.268 e. The third kappa shape index (κ3) is 2.05. The highest BCUT2D eigenvalue weighted by molar-refractivity contribution is 5.83. The van der Waals surface area contributed by atoms with Crippen LogP contribution < -0.4 is 11.3 Å². The highest BCUT2D eigenvalue weighted by atomic mass is 19.2. The normalized spacial score (nSPS) is 9.90. The fourth-order valence-corrected chi connectivity index (χ4v) is 1.87. The van der Waals surface area contributed by atoms with Crippen molar-refractivity contribution in [2.24, 2.45) is 0 Å². The lowest BCUT2D eigenvalue weighted by molar-refractivity contribution is 0.458. The summed E-state index contributed by atoms with van der Waals surface area (Å²) < 4.78 is 27.3. The molecule has 0 radical (unpaired) electrons. The molecule has 0 bridgehead atoms. The van der Waals surface area contributed by atoms with E-state index in [1.165, 1.54) is 6.07 Å². The molecule has 6 nitrogen and oxygen atoms in total. The molecule has 0 aliphatic heterocycles. The van der Waals surface area contributed by atoms with Crippen molar-refractivity contribution in [1.29, 1.82) is 10.5 Å². The van der Waals surface area contributed by atoms with Crippen LogP contribution in [0.4, 0.5) is 14.6 Å². The summed E-state index contributed by atoms with van der Waals surface area (Å²) in [5, 5.41) is 27.8. The van der Waals surface area contributed by atoms with Crippen LogP contribution in [0.5, 0.6) is 5.75 Å². The lowest BCUT2D eigenvalue weighted by Crippen LogP contribution is -2.16. The molecule has 0 fully saturated rings. The molecule has 0 atom stereocenters. The van der Waals surface area contributed by atoms with Crippen LogP contribution in [0.1, 0.15) is 11.1 Å². The van der Waals surface area contributed by atoms with E-state index >= 15 is 0 Å². The molecule has 0 amide bonds. The van der Waals surface area contributed by atoms with Gasteiger partial charge in [-0.3, -0.25) is 4.79 Å². The molecule has 0 unspecified atom stereocenters. The number of nitriles is 2. The first-order valence-corrected chi connectivity index (χ1v) is 5.45. The summed E-state index contributed by atoms with van der Waals surface area (Å²) in [5.74, 6) is -3.95. The predicted octanol–water partition coefficient (Wildman–Crippen LogP) is 1.35. The number of phenols is 1. The Kier molecular flexibility index (Phi) is 3.30. The summed E-state index contributed by atoms with van der Waals surface area (Å²) >= 11 is 0. The van der Waals surface area contributed by atoms with Crippen LogP contribution in [0.15, 0.2) is 16.9 Å². The second-order valence-corrected chi connectivity index (χ2v) is 3.97. The number of hydrogen-bond donors (Lipinski definition) is 3. The fraction of sp³-hybridized carbons (Fsp3) is 0. The van der Waals surface area contributed by atoms with Crippen molar-refractivity contribution in [3.05, 3.63) is 45.2 Å². The van der Waals surface area contributed by atoms with Crippen molar-refractivity contribution < 1.29 is 13.9 Å². The quantitative estimate of drug-likeness (QED) is 0.730. The van der Waals surface area contributed by atoms with Crippen molar-refractivity contribution >= 4 is 5.82 Å². The molecule has 1 heterocycles. The number of anilines is 1. The van der Waals surface area contributed by atoms with E-state index in [0.29, 0.717) is 6.07 Å². The highest BCUT2D eigenvalue weighted by Gasteiger charge is 2.25. The lowest BCUT2D eigenvalue weighted by atomic mass is 9.95. The van der Waals surface area contributed by atoms with Crippen LogP contribution in [0, 0.1) is 34.3 Å². The summed E-state index contributed by atoms with van der Waals surface area (Å²) in [4.78, 5) is 13.7. The molecule has 0 spiro atoms. The van der Waals surface area contributed by atoms with Crippen LogP contribution >= 0.6 is 0 Å². The Morgan fingerprint density at radius 2 is 1.76 bits per heavy atom. The van der Waals surface area contributed by atoms with Crippen molar-refractivity contribution in [1.82, 2.24) is 4.98 Å². The Morgan fingerprint density at radius 1 is 1.14 bits per heavy atom. The van der Waals surface area contributed by atoms with Gasteiger partial charge in [0.25, 0.3) is 5.56 Å². The van der Waals surface area contributed by atoms with Crippen molar-refractivity contribution in [2.45, 2.75) is 0 Å². The number of hydrogen-bond acceptors (Lipinski definition) is 5. The minimum Gasteiger partial charge on any atom is -0.507 e. The topological polar surface area (TPSA) is 127 Å². The SMILES string of the molecule is N#Cc1c(N)[nH]c(=O)c(C#N)c1-c1c(O)ccc(F)c1F. The van der Waals surface area contributed by atoms with Crippen molar-refractivity contribution in [3.8, 4) is 29.0 Å². The zero-order valence-electron chi connectivity index (χ0n) is 10.2. The molecule has 0 aliphatic rings. The van der Waals surface area contributed by atoms with Crippen LogP contribution in [0.25, 0.3) is 11.1 Å². The van der Waals surface area contributed by atoms with Gasteiger partial charge in [0.2, 0.25) is 0 Å². The maximum Gasteiger partial charge on any atom is 0.268 e. The second-order valence-electron chi connectivity index (χ2n) is 3.97. The van der Waals surface area contributed by atoms with E-state index in [0.717, 1.165) is 6.07 Å². The van der Waals surface area contributed by atoms with E-state index in [1.54, 1.807) is 6.07 Å². The van der Waals surface area contributed by atoms with Crippen LogP contribution in [-0.2, 0) is 0 Å². The number of H-pyrrole nitrogens is 1. The monoisotopic (exact) mass is 288 g/mol. The molecule has 8 heteroatoms. The van der Waals surface area contributed by atoms with E-state index in [-0.39, 0.29) is 0 Å². The van der Waals surface area contributed by atoms with Gasteiger partial charge < -0.3 is 15.8 Å². The van der Waals surface area contributed by atoms with Crippen molar-refractivity contribution in [2.75, 3.05) is 5.73 Å². The molecule has 104 valence electrons. The predicted molar refractivity (Wildman–Crippen MR) is 67.9 cm³/mol. The average molecular weight is 288 g/mol. The van der Waals surface area contributed by atoms with Gasteiger partial charge in [-0.1, -0.05) is 0 Å². The first-order chi connectivity index (χ1) is 9.92. The summed E-state index contributed by atoms with van der Waals surface area (Å²) in [5.41, 5.74) is 2.07. The fourth-order valence-electron chi connectivity index (χ4n) is 1.87. The first-order valence-electron chi connectivity index (χ1n) is 5.45. The molecule has 0 saturated heterocycles. The minimum absolute atomic E-state index is 0.417. The summed E-state index contributed by atoms with van der Waals surface area (Å²) in [6, 6.07) is 4.59. The number of halogens is 2. The molecular weight excluding hydrogens is 282 g/mol. The number of phenolic OH excluding ortho intramolecular Hbond substituents is 1.